The molecule has 9 aromatic carbocycles. The van der Waals surface area contributed by atoms with Gasteiger partial charge in [-0.05, 0) is 59.2 Å². The lowest BCUT2D eigenvalue weighted by Crippen LogP contribution is -2.06. The van der Waals surface area contributed by atoms with Crippen LogP contribution in [-0.4, -0.2) is 24.1 Å². The van der Waals surface area contributed by atoms with Gasteiger partial charge in [-0.15, -0.1) is 0 Å². The fourth-order valence-corrected chi connectivity index (χ4v) is 9.59. The van der Waals surface area contributed by atoms with E-state index in [9.17, 15) is 0 Å². The van der Waals surface area contributed by atoms with Gasteiger partial charge in [0.05, 0.1) is 33.3 Å². The summed E-state index contributed by atoms with van der Waals surface area (Å²) < 4.78 is 11.2. The van der Waals surface area contributed by atoms with Crippen molar-refractivity contribution in [2.75, 3.05) is 0 Å². The predicted molar refractivity (Wildman–Crippen MR) is 258 cm³/mol. The highest BCUT2D eigenvalue weighted by atomic mass is 16.3. The summed E-state index contributed by atoms with van der Waals surface area (Å²) in [6.45, 7) is 0. The summed E-state index contributed by atoms with van der Waals surface area (Å²) in [5, 5.41) is 6.56. The second-order valence-corrected chi connectivity index (χ2v) is 16.0. The summed E-state index contributed by atoms with van der Waals surface area (Å²) in [7, 11) is 0. The Hall–Kier alpha value is -8.61. The molecule has 0 N–H and O–H groups in total. The van der Waals surface area contributed by atoms with E-state index in [4.69, 9.17) is 19.4 Å². The standard InChI is InChI=1S/C57H35N5O/c1-4-17-36(18-5-1)39-31-33-49(46(35-39)37-19-6-2-7-20-37)61-48-29-14-11-25-44(48)52-50(61)34-32-42-40-23-10-13-28-47(40)62(53(42)52)57-59-55(38-21-8-3-9-22-38)58-56(60-57)45-27-16-26-43-41-24-12-15-30-51(41)63-54(43)45/h1-35H. The van der Waals surface area contributed by atoms with E-state index in [1.165, 1.54) is 11.1 Å². The number of nitrogens with zero attached hydrogens (tertiary/aromatic N) is 5. The molecule has 0 saturated carbocycles. The van der Waals surface area contributed by atoms with Gasteiger partial charge in [0.25, 0.3) is 0 Å². The number of fused-ring (bicyclic) bond motifs is 10. The molecule has 6 nitrogen and oxygen atoms in total. The third-order valence-electron chi connectivity index (χ3n) is 12.4. The second-order valence-electron chi connectivity index (χ2n) is 16.0. The van der Waals surface area contributed by atoms with E-state index in [-0.39, 0.29) is 0 Å². The lowest BCUT2D eigenvalue weighted by atomic mass is 9.97. The monoisotopic (exact) mass is 805 g/mol. The van der Waals surface area contributed by atoms with Crippen LogP contribution in [0.2, 0.25) is 0 Å². The zero-order valence-electron chi connectivity index (χ0n) is 33.9. The summed E-state index contributed by atoms with van der Waals surface area (Å²) in [6.07, 6.45) is 0. The smallest absolute Gasteiger partial charge is 0.238 e. The van der Waals surface area contributed by atoms with Crippen LogP contribution in [0.25, 0.3) is 122 Å². The highest BCUT2D eigenvalue weighted by molar-refractivity contribution is 6.26. The minimum Gasteiger partial charge on any atom is -0.455 e. The van der Waals surface area contributed by atoms with Crippen molar-refractivity contribution in [1.29, 1.82) is 0 Å². The van der Waals surface area contributed by atoms with E-state index >= 15 is 0 Å². The number of para-hydroxylation sites is 4. The maximum absolute atomic E-state index is 6.57. The molecule has 0 bridgehead atoms. The molecule has 0 aliphatic carbocycles. The zero-order valence-corrected chi connectivity index (χ0v) is 33.9. The van der Waals surface area contributed by atoms with Gasteiger partial charge in [0.1, 0.15) is 11.2 Å². The van der Waals surface area contributed by atoms with E-state index < -0.39 is 0 Å². The molecule has 6 heteroatoms. The second kappa shape index (κ2) is 14.0. The first-order valence-electron chi connectivity index (χ1n) is 21.2. The van der Waals surface area contributed by atoms with E-state index in [0.29, 0.717) is 17.6 Å². The van der Waals surface area contributed by atoms with Crippen molar-refractivity contribution in [1.82, 2.24) is 24.1 Å². The van der Waals surface area contributed by atoms with Gasteiger partial charge in [-0.2, -0.15) is 9.97 Å². The van der Waals surface area contributed by atoms with E-state index in [1.54, 1.807) is 0 Å². The van der Waals surface area contributed by atoms with Crippen molar-refractivity contribution in [3.63, 3.8) is 0 Å². The van der Waals surface area contributed by atoms with Crippen molar-refractivity contribution in [3.05, 3.63) is 212 Å². The Kier molecular flexibility index (Phi) is 7.80. The number of rotatable bonds is 6. The van der Waals surface area contributed by atoms with Crippen LogP contribution in [0.4, 0.5) is 0 Å². The quantitative estimate of drug-likeness (QED) is 0.168. The molecule has 13 rings (SSSR count). The SMILES string of the molecule is c1ccc(-c2ccc(-n3c4ccccc4c4c3ccc3c5ccccc5n(-c5nc(-c6ccccc6)nc(-c6cccc7c6oc6ccccc67)n5)c34)c(-c3ccccc3)c2)cc1. The van der Waals surface area contributed by atoms with Crippen molar-refractivity contribution < 1.29 is 4.42 Å². The Labute approximate surface area is 361 Å². The predicted octanol–water partition coefficient (Wildman–Crippen LogP) is 14.6. The third kappa shape index (κ3) is 5.48. The maximum atomic E-state index is 6.57. The first-order chi connectivity index (χ1) is 31.3. The summed E-state index contributed by atoms with van der Waals surface area (Å²) in [6, 6.07) is 74.5. The first kappa shape index (κ1) is 35.2. The first-order valence-corrected chi connectivity index (χ1v) is 21.2. The molecule has 63 heavy (non-hydrogen) atoms. The minimum absolute atomic E-state index is 0.527. The maximum Gasteiger partial charge on any atom is 0.238 e. The highest BCUT2D eigenvalue weighted by Crippen LogP contribution is 2.44. The normalized spacial score (nSPS) is 11.8. The van der Waals surface area contributed by atoms with Crippen LogP contribution in [0.5, 0.6) is 0 Å². The Morgan fingerprint density at radius 2 is 0.968 bits per heavy atom. The van der Waals surface area contributed by atoms with Crippen LogP contribution in [0.3, 0.4) is 0 Å². The van der Waals surface area contributed by atoms with Crippen LogP contribution in [0, 0.1) is 0 Å². The van der Waals surface area contributed by atoms with Gasteiger partial charge in [0.2, 0.25) is 5.95 Å². The molecule has 0 fully saturated rings. The van der Waals surface area contributed by atoms with Gasteiger partial charge in [-0.25, -0.2) is 4.98 Å². The van der Waals surface area contributed by atoms with Crippen molar-refractivity contribution in [2.24, 2.45) is 0 Å². The largest absolute Gasteiger partial charge is 0.455 e. The lowest BCUT2D eigenvalue weighted by Gasteiger charge is -2.16. The molecule has 0 atom stereocenters. The van der Waals surface area contributed by atoms with Crippen LogP contribution >= 0.6 is 0 Å². The Balaban J connectivity index is 1.13. The average Bonchev–Trinajstić information content (AvgIpc) is 4.02. The number of hydrogen-bond donors (Lipinski definition) is 0. The van der Waals surface area contributed by atoms with Crippen molar-refractivity contribution in [2.45, 2.75) is 0 Å². The molecule has 0 radical (unpaired) electrons. The van der Waals surface area contributed by atoms with Crippen molar-refractivity contribution in [3.8, 4) is 56.7 Å². The van der Waals surface area contributed by atoms with Crippen LogP contribution in [0.1, 0.15) is 0 Å². The zero-order chi connectivity index (χ0) is 41.4. The molecular formula is C57H35N5O. The lowest BCUT2D eigenvalue weighted by molar-refractivity contribution is 0.669. The fraction of sp³-hybridized carbons (Fsp3) is 0. The summed E-state index contributed by atoms with van der Waals surface area (Å²) in [5.41, 5.74) is 13.2. The molecule has 0 aliphatic heterocycles. The summed E-state index contributed by atoms with van der Waals surface area (Å²) >= 11 is 0. The summed E-state index contributed by atoms with van der Waals surface area (Å²) in [5.74, 6) is 1.64. The molecule has 4 aromatic heterocycles. The van der Waals surface area contributed by atoms with Crippen LogP contribution < -0.4 is 0 Å². The third-order valence-corrected chi connectivity index (χ3v) is 12.4. The van der Waals surface area contributed by atoms with Crippen LogP contribution in [-0.2, 0) is 0 Å². The van der Waals surface area contributed by atoms with E-state index in [1.807, 2.05) is 42.5 Å². The summed E-state index contributed by atoms with van der Waals surface area (Å²) in [4.78, 5) is 15.9. The topological polar surface area (TPSA) is 61.7 Å². The molecule has 0 unspecified atom stereocenters. The van der Waals surface area contributed by atoms with Crippen molar-refractivity contribution >= 4 is 65.6 Å². The highest BCUT2D eigenvalue weighted by Gasteiger charge is 2.25. The Morgan fingerprint density at radius 3 is 1.75 bits per heavy atom. The molecule has 294 valence electrons. The number of furan rings is 1. The van der Waals surface area contributed by atoms with Gasteiger partial charge in [-0.1, -0.05) is 170 Å². The number of benzene rings is 9. The van der Waals surface area contributed by atoms with Crippen LogP contribution in [0.15, 0.2) is 217 Å². The molecular weight excluding hydrogens is 771 g/mol. The number of aromatic nitrogens is 5. The molecule has 0 aliphatic rings. The number of hydrogen-bond acceptors (Lipinski definition) is 4. The van der Waals surface area contributed by atoms with Gasteiger partial charge in [0.15, 0.2) is 11.6 Å². The van der Waals surface area contributed by atoms with Gasteiger partial charge < -0.3 is 8.98 Å². The average molecular weight is 806 g/mol. The molecule has 0 amide bonds. The van der Waals surface area contributed by atoms with E-state index in [0.717, 1.165) is 93.5 Å². The molecule has 4 heterocycles. The van der Waals surface area contributed by atoms with E-state index in [2.05, 4.69) is 179 Å². The molecule has 0 saturated heterocycles. The Bertz CT molecular complexity index is 3900. The fourth-order valence-electron chi connectivity index (χ4n) is 9.59. The Morgan fingerprint density at radius 1 is 0.349 bits per heavy atom. The van der Waals surface area contributed by atoms with Gasteiger partial charge in [-0.3, -0.25) is 4.57 Å². The molecule has 13 aromatic rings. The minimum atomic E-state index is 0.527. The van der Waals surface area contributed by atoms with Gasteiger partial charge >= 0.3 is 0 Å². The molecule has 0 spiro atoms. The van der Waals surface area contributed by atoms with Gasteiger partial charge in [0, 0.05) is 43.4 Å².